The molecule has 0 bridgehead atoms. The Morgan fingerprint density at radius 2 is 1.84 bits per heavy atom. The predicted octanol–water partition coefficient (Wildman–Crippen LogP) is 3.29. The number of amides is 1. The lowest BCUT2D eigenvalue weighted by Crippen LogP contribution is -2.46. The van der Waals surface area contributed by atoms with E-state index in [9.17, 15) is 4.79 Å². The van der Waals surface area contributed by atoms with E-state index in [-0.39, 0.29) is 0 Å². The Morgan fingerprint density at radius 1 is 1.12 bits per heavy atom. The molecule has 3 rings (SSSR count). The summed E-state index contributed by atoms with van der Waals surface area (Å²) in [5, 5.41) is 2.61. The summed E-state index contributed by atoms with van der Waals surface area (Å²) in [6.45, 7) is 8.08. The first-order valence-corrected chi connectivity index (χ1v) is 8.62. The number of carbonyl (C=O) groups is 1. The maximum absolute atomic E-state index is 11.4. The van der Waals surface area contributed by atoms with Crippen LogP contribution in [0.15, 0.2) is 42.6 Å². The van der Waals surface area contributed by atoms with E-state index in [1.54, 1.807) is 19.2 Å². The number of hydrogen-bond donors (Lipinski definition) is 1. The molecule has 6 heteroatoms. The van der Waals surface area contributed by atoms with Gasteiger partial charge in [-0.2, -0.15) is 0 Å². The third-order valence-electron chi connectivity index (χ3n) is 4.27. The topological polar surface area (TPSA) is 57.7 Å². The van der Waals surface area contributed by atoms with Crippen LogP contribution < -0.4 is 15.1 Å². The molecule has 1 N–H and O–H groups in total. The Kier molecular flexibility index (Phi) is 5.38. The molecule has 2 heterocycles. The standard InChI is InChI=1S/C19H24N4O2/c1-3-25-19(24)21-18-8-7-17(14-20-18)23-11-9-22(10-12-23)16-6-4-5-15(2)13-16/h4-8,13-14H,3,9-12H2,1-2H3,(H,20,21,24). The first-order chi connectivity index (χ1) is 12.2. The first-order valence-electron chi connectivity index (χ1n) is 8.62. The Labute approximate surface area is 148 Å². The third-order valence-corrected chi connectivity index (χ3v) is 4.27. The molecule has 1 fully saturated rings. The monoisotopic (exact) mass is 340 g/mol. The van der Waals surface area contributed by atoms with Crippen LogP contribution in [0.5, 0.6) is 0 Å². The highest BCUT2D eigenvalue weighted by atomic mass is 16.5. The van der Waals surface area contributed by atoms with Crippen LogP contribution in [0, 0.1) is 6.92 Å². The highest BCUT2D eigenvalue weighted by molar-refractivity contribution is 5.83. The molecule has 0 aliphatic carbocycles. The minimum absolute atomic E-state index is 0.342. The van der Waals surface area contributed by atoms with Crippen LogP contribution in [0.3, 0.4) is 0 Å². The van der Waals surface area contributed by atoms with E-state index in [1.807, 2.05) is 6.07 Å². The molecule has 6 nitrogen and oxygen atoms in total. The van der Waals surface area contributed by atoms with Gasteiger partial charge in [-0.05, 0) is 43.7 Å². The Balaban J connectivity index is 1.56. The number of carbonyl (C=O) groups excluding carboxylic acids is 1. The van der Waals surface area contributed by atoms with Crippen molar-refractivity contribution in [3.63, 3.8) is 0 Å². The highest BCUT2D eigenvalue weighted by Crippen LogP contribution is 2.21. The number of ether oxygens (including phenoxy) is 1. The summed E-state index contributed by atoms with van der Waals surface area (Å²) in [7, 11) is 0. The maximum Gasteiger partial charge on any atom is 0.412 e. The van der Waals surface area contributed by atoms with Gasteiger partial charge in [0.2, 0.25) is 0 Å². The SMILES string of the molecule is CCOC(=O)Nc1ccc(N2CCN(c3cccc(C)c3)CC2)cn1. The van der Waals surface area contributed by atoms with Crippen LogP contribution >= 0.6 is 0 Å². The number of benzene rings is 1. The van der Waals surface area contributed by atoms with Crippen LogP contribution in [0.1, 0.15) is 12.5 Å². The average Bonchev–Trinajstić information content (AvgIpc) is 2.63. The van der Waals surface area contributed by atoms with Gasteiger partial charge in [0, 0.05) is 31.9 Å². The largest absolute Gasteiger partial charge is 0.450 e. The summed E-state index contributed by atoms with van der Waals surface area (Å²) < 4.78 is 4.85. The van der Waals surface area contributed by atoms with E-state index in [0.29, 0.717) is 12.4 Å². The number of pyridine rings is 1. The number of nitrogens with zero attached hydrogens (tertiary/aromatic N) is 3. The zero-order valence-corrected chi connectivity index (χ0v) is 14.7. The van der Waals surface area contributed by atoms with Gasteiger partial charge in [0.25, 0.3) is 0 Å². The Hall–Kier alpha value is -2.76. The molecule has 0 unspecified atom stereocenters. The van der Waals surface area contributed by atoms with Crippen molar-refractivity contribution in [3.05, 3.63) is 48.2 Å². The van der Waals surface area contributed by atoms with E-state index in [1.165, 1.54) is 11.3 Å². The molecule has 1 amide bonds. The molecule has 2 aromatic rings. The number of anilines is 3. The molecular formula is C19H24N4O2. The molecule has 0 atom stereocenters. The fraction of sp³-hybridized carbons (Fsp3) is 0.368. The summed E-state index contributed by atoms with van der Waals surface area (Å²) in [4.78, 5) is 20.4. The maximum atomic E-state index is 11.4. The summed E-state index contributed by atoms with van der Waals surface area (Å²) in [6, 6.07) is 12.4. The molecular weight excluding hydrogens is 316 g/mol. The lowest BCUT2D eigenvalue weighted by atomic mass is 10.2. The van der Waals surface area contributed by atoms with Gasteiger partial charge in [-0.1, -0.05) is 12.1 Å². The van der Waals surface area contributed by atoms with Gasteiger partial charge in [-0.15, -0.1) is 0 Å². The second-order valence-corrected chi connectivity index (χ2v) is 6.06. The summed E-state index contributed by atoms with van der Waals surface area (Å²) in [5.41, 5.74) is 3.64. The van der Waals surface area contributed by atoms with Crippen LogP contribution in [0.2, 0.25) is 0 Å². The van der Waals surface area contributed by atoms with E-state index in [2.05, 4.69) is 51.3 Å². The van der Waals surface area contributed by atoms with Crippen LogP contribution in [0.25, 0.3) is 0 Å². The van der Waals surface area contributed by atoms with Gasteiger partial charge in [-0.3, -0.25) is 5.32 Å². The van der Waals surface area contributed by atoms with Gasteiger partial charge < -0.3 is 14.5 Å². The normalized spacial score (nSPS) is 14.3. The van der Waals surface area contributed by atoms with E-state index in [0.717, 1.165) is 31.9 Å². The molecule has 1 aromatic heterocycles. The van der Waals surface area contributed by atoms with Crippen molar-refractivity contribution < 1.29 is 9.53 Å². The fourth-order valence-electron chi connectivity index (χ4n) is 2.97. The minimum Gasteiger partial charge on any atom is -0.450 e. The molecule has 0 spiro atoms. The van der Waals surface area contributed by atoms with Crippen molar-refractivity contribution in [3.8, 4) is 0 Å². The number of hydrogen-bond acceptors (Lipinski definition) is 5. The lowest BCUT2D eigenvalue weighted by molar-refractivity contribution is 0.168. The summed E-state index contributed by atoms with van der Waals surface area (Å²) in [6.07, 6.45) is 1.32. The Bertz CT molecular complexity index is 710. The smallest absolute Gasteiger partial charge is 0.412 e. The lowest BCUT2D eigenvalue weighted by Gasteiger charge is -2.37. The molecule has 1 aliphatic rings. The predicted molar refractivity (Wildman–Crippen MR) is 100 cm³/mol. The van der Waals surface area contributed by atoms with Crippen LogP contribution in [-0.2, 0) is 4.74 Å². The second kappa shape index (κ2) is 7.88. The molecule has 1 saturated heterocycles. The second-order valence-electron chi connectivity index (χ2n) is 6.06. The minimum atomic E-state index is -0.477. The van der Waals surface area contributed by atoms with E-state index >= 15 is 0 Å². The van der Waals surface area contributed by atoms with Crippen molar-refractivity contribution in [1.29, 1.82) is 0 Å². The quantitative estimate of drug-likeness (QED) is 0.925. The van der Waals surface area contributed by atoms with Gasteiger partial charge in [0.05, 0.1) is 18.5 Å². The van der Waals surface area contributed by atoms with Crippen LogP contribution in [0.4, 0.5) is 22.0 Å². The zero-order chi connectivity index (χ0) is 17.6. The molecule has 132 valence electrons. The van der Waals surface area contributed by atoms with Gasteiger partial charge in [-0.25, -0.2) is 9.78 Å². The van der Waals surface area contributed by atoms with Crippen molar-refractivity contribution in [2.75, 3.05) is 47.9 Å². The van der Waals surface area contributed by atoms with Gasteiger partial charge >= 0.3 is 6.09 Å². The average molecular weight is 340 g/mol. The first kappa shape index (κ1) is 17.1. The highest BCUT2D eigenvalue weighted by Gasteiger charge is 2.18. The van der Waals surface area contributed by atoms with E-state index in [4.69, 9.17) is 4.74 Å². The zero-order valence-electron chi connectivity index (χ0n) is 14.7. The number of aromatic nitrogens is 1. The molecule has 0 radical (unpaired) electrons. The van der Waals surface area contributed by atoms with Crippen LogP contribution in [-0.4, -0.2) is 43.9 Å². The Morgan fingerprint density at radius 3 is 2.44 bits per heavy atom. The van der Waals surface area contributed by atoms with Gasteiger partial charge in [0.15, 0.2) is 0 Å². The summed E-state index contributed by atoms with van der Waals surface area (Å²) >= 11 is 0. The van der Waals surface area contributed by atoms with Crippen molar-refractivity contribution in [1.82, 2.24) is 4.98 Å². The summed E-state index contributed by atoms with van der Waals surface area (Å²) in [5.74, 6) is 0.501. The van der Waals surface area contributed by atoms with Crippen molar-refractivity contribution in [2.24, 2.45) is 0 Å². The number of aryl methyl sites for hydroxylation is 1. The van der Waals surface area contributed by atoms with Crippen molar-refractivity contribution >= 4 is 23.3 Å². The fourth-order valence-corrected chi connectivity index (χ4v) is 2.97. The van der Waals surface area contributed by atoms with Crippen molar-refractivity contribution in [2.45, 2.75) is 13.8 Å². The third kappa shape index (κ3) is 4.41. The number of rotatable bonds is 4. The number of piperazine rings is 1. The number of nitrogens with one attached hydrogen (secondary N) is 1. The molecule has 1 aromatic carbocycles. The van der Waals surface area contributed by atoms with E-state index < -0.39 is 6.09 Å². The molecule has 25 heavy (non-hydrogen) atoms. The molecule has 0 saturated carbocycles. The van der Waals surface area contributed by atoms with Gasteiger partial charge in [0.1, 0.15) is 5.82 Å². The molecule has 1 aliphatic heterocycles.